The van der Waals surface area contributed by atoms with Crippen LogP contribution in [-0.4, -0.2) is 12.5 Å². The molecule has 0 radical (unpaired) electrons. The monoisotopic (exact) mass is 289 g/mol. The van der Waals surface area contributed by atoms with Gasteiger partial charge in [-0.05, 0) is 47.5 Å². The van der Waals surface area contributed by atoms with E-state index in [0.717, 1.165) is 29.9 Å². The number of fused-ring (bicyclic) bond motifs is 1. The molecule has 1 aliphatic heterocycles. The summed E-state index contributed by atoms with van der Waals surface area (Å²) in [6.07, 6.45) is 9.57. The topological polar surface area (TPSA) is 38.3 Å². The minimum Gasteiger partial charge on any atom is -0.493 e. The van der Waals surface area contributed by atoms with Crippen molar-refractivity contribution >= 4 is 17.7 Å². The molecule has 2 aromatic rings. The highest BCUT2D eigenvalue weighted by atomic mass is 16.5. The van der Waals surface area contributed by atoms with Gasteiger partial charge in [0.05, 0.1) is 6.61 Å². The Morgan fingerprint density at radius 2 is 2.18 bits per heavy atom. The maximum Gasteiger partial charge on any atom is 0.248 e. The Balaban J connectivity index is 1.67. The molecule has 0 saturated carbocycles. The number of terminal acetylenes is 1. The zero-order valence-corrected chi connectivity index (χ0v) is 12.0. The van der Waals surface area contributed by atoms with E-state index in [2.05, 4.69) is 11.2 Å². The van der Waals surface area contributed by atoms with Crippen molar-refractivity contribution < 1.29 is 9.53 Å². The van der Waals surface area contributed by atoms with Crippen molar-refractivity contribution in [2.45, 2.75) is 6.42 Å². The second-order valence-corrected chi connectivity index (χ2v) is 5.01. The summed E-state index contributed by atoms with van der Waals surface area (Å²) in [6.45, 7) is 0.731. The number of amides is 1. The van der Waals surface area contributed by atoms with Gasteiger partial charge in [0.2, 0.25) is 5.91 Å². The predicted octanol–water partition coefficient (Wildman–Crippen LogP) is 3.25. The lowest BCUT2D eigenvalue weighted by Crippen LogP contribution is -2.07. The Bertz CT molecular complexity index is 784. The standard InChI is InChI=1S/C19H15NO2/c1-2-14-4-3-5-17(13-14)20-19(21)9-7-15-6-8-18-16(12-15)10-11-22-18/h1,3-9,12-13H,10-11H2,(H,20,21)/b9-7+. The molecule has 0 unspecified atom stereocenters. The molecule has 0 fully saturated rings. The van der Waals surface area contributed by atoms with Crippen LogP contribution in [0, 0.1) is 12.3 Å². The molecule has 1 amide bonds. The van der Waals surface area contributed by atoms with Gasteiger partial charge in [-0.2, -0.15) is 0 Å². The van der Waals surface area contributed by atoms with E-state index in [4.69, 9.17) is 11.2 Å². The highest BCUT2D eigenvalue weighted by Crippen LogP contribution is 2.26. The average Bonchev–Trinajstić information content (AvgIpc) is 3.00. The molecule has 22 heavy (non-hydrogen) atoms. The van der Waals surface area contributed by atoms with Crippen LogP contribution in [0.25, 0.3) is 6.08 Å². The van der Waals surface area contributed by atoms with Gasteiger partial charge in [0.15, 0.2) is 0 Å². The second kappa shape index (κ2) is 6.19. The first-order valence-corrected chi connectivity index (χ1v) is 7.06. The summed E-state index contributed by atoms with van der Waals surface area (Å²) in [4.78, 5) is 11.9. The first kappa shape index (κ1) is 14.0. The zero-order chi connectivity index (χ0) is 15.4. The maximum absolute atomic E-state index is 11.9. The highest BCUT2D eigenvalue weighted by molar-refractivity contribution is 6.02. The molecule has 0 aromatic heterocycles. The van der Waals surface area contributed by atoms with Crippen LogP contribution < -0.4 is 10.1 Å². The predicted molar refractivity (Wildman–Crippen MR) is 87.7 cm³/mol. The summed E-state index contributed by atoms with van der Waals surface area (Å²) >= 11 is 0. The van der Waals surface area contributed by atoms with Gasteiger partial charge in [-0.25, -0.2) is 0 Å². The van der Waals surface area contributed by atoms with E-state index in [-0.39, 0.29) is 5.91 Å². The summed E-state index contributed by atoms with van der Waals surface area (Å²) in [5.74, 6) is 3.29. The minimum absolute atomic E-state index is 0.189. The molecule has 0 saturated heterocycles. The number of benzene rings is 2. The fraction of sp³-hybridized carbons (Fsp3) is 0.105. The maximum atomic E-state index is 11.9. The Labute approximate surface area is 129 Å². The molecular formula is C19H15NO2. The lowest BCUT2D eigenvalue weighted by molar-refractivity contribution is -0.111. The molecule has 1 aliphatic rings. The summed E-state index contributed by atoms with van der Waals surface area (Å²) in [5.41, 5.74) is 3.59. The van der Waals surface area contributed by atoms with Crippen LogP contribution in [0.2, 0.25) is 0 Å². The van der Waals surface area contributed by atoms with Crippen molar-refractivity contribution in [2.75, 3.05) is 11.9 Å². The Morgan fingerprint density at radius 3 is 3.05 bits per heavy atom. The van der Waals surface area contributed by atoms with Crippen molar-refractivity contribution in [3.63, 3.8) is 0 Å². The van der Waals surface area contributed by atoms with Gasteiger partial charge in [0, 0.05) is 23.7 Å². The molecule has 0 spiro atoms. The molecule has 3 rings (SSSR count). The lowest BCUT2D eigenvalue weighted by atomic mass is 10.1. The van der Waals surface area contributed by atoms with Crippen LogP contribution in [0.4, 0.5) is 5.69 Å². The van der Waals surface area contributed by atoms with E-state index in [1.165, 1.54) is 11.6 Å². The van der Waals surface area contributed by atoms with Crippen molar-refractivity contribution in [3.8, 4) is 18.1 Å². The SMILES string of the molecule is C#Cc1cccc(NC(=O)/C=C/c2ccc3c(c2)CCO3)c1. The number of ether oxygens (including phenoxy) is 1. The van der Waals surface area contributed by atoms with Gasteiger partial charge in [-0.15, -0.1) is 6.42 Å². The van der Waals surface area contributed by atoms with Gasteiger partial charge in [0.25, 0.3) is 0 Å². The second-order valence-electron chi connectivity index (χ2n) is 5.01. The van der Waals surface area contributed by atoms with E-state index in [9.17, 15) is 4.79 Å². The fourth-order valence-electron chi connectivity index (χ4n) is 2.35. The van der Waals surface area contributed by atoms with E-state index in [0.29, 0.717) is 5.69 Å². The van der Waals surface area contributed by atoms with E-state index in [1.807, 2.05) is 30.3 Å². The first-order valence-electron chi connectivity index (χ1n) is 7.06. The molecule has 2 aromatic carbocycles. The van der Waals surface area contributed by atoms with Crippen molar-refractivity contribution in [2.24, 2.45) is 0 Å². The first-order chi connectivity index (χ1) is 10.7. The summed E-state index contributed by atoms with van der Waals surface area (Å²) < 4.78 is 5.46. The van der Waals surface area contributed by atoms with Gasteiger partial charge < -0.3 is 10.1 Å². The number of carbonyl (C=O) groups excluding carboxylic acids is 1. The Morgan fingerprint density at radius 1 is 1.27 bits per heavy atom. The van der Waals surface area contributed by atoms with Gasteiger partial charge in [0.1, 0.15) is 5.75 Å². The fourth-order valence-corrected chi connectivity index (χ4v) is 2.35. The van der Waals surface area contributed by atoms with Gasteiger partial charge in [-0.3, -0.25) is 4.79 Å². The molecule has 1 heterocycles. The van der Waals surface area contributed by atoms with Crippen molar-refractivity contribution in [1.29, 1.82) is 0 Å². The third-order valence-corrected chi connectivity index (χ3v) is 3.44. The van der Waals surface area contributed by atoms with Crippen LogP contribution in [0.3, 0.4) is 0 Å². The number of hydrogen-bond acceptors (Lipinski definition) is 2. The number of rotatable bonds is 3. The normalized spacial score (nSPS) is 12.5. The molecule has 0 atom stereocenters. The van der Waals surface area contributed by atoms with Crippen LogP contribution in [0.5, 0.6) is 5.75 Å². The van der Waals surface area contributed by atoms with Crippen LogP contribution in [0.1, 0.15) is 16.7 Å². The molecular weight excluding hydrogens is 274 g/mol. The van der Waals surface area contributed by atoms with E-state index >= 15 is 0 Å². The molecule has 3 nitrogen and oxygen atoms in total. The van der Waals surface area contributed by atoms with Gasteiger partial charge >= 0.3 is 0 Å². The Kier molecular flexibility index (Phi) is 3.93. The summed E-state index contributed by atoms with van der Waals surface area (Å²) in [6, 6.07) is 13.1. The van der Waals surface area contributed by atoms with Crippen molar-refractivity contribution in [1.82, 2.24) is 0 Å². The summed E-state index contributed by atoms with van der Waals surface area (Å²) in [5, 5.41) is 2.79. The quantitative estimate of drug-likeness (QED) is 0.696. The lowest BCUT2D eigenvalue weighted by Gasteiger charge is -2.03. The molecule has 108 valence electrons. The number of nitrogens with one attached hydrogen (secondary N) is 1. The smallest absolute Gasteiger partial charge is 0.248 e. The Hall–Kier alpha value is -2.99. The highest BCUT2D eigenvalue weighted by Gasteiger charge is 2.11. The van der Waals surface area contributed by atoms with Gasteiger partial charge in [-0.1, -0.05) is 18.1 Å². The molecule has 1 N–H and O–H groups in total. The zero-order valence-electron chi connectivity index (χ0n) is 12.0. The van der Waals surface area contributed by atoms with Crippen LogP contribution >= 0.6 is 0 Å². The molecule has 0 aliphatic carbocycles. The summed E-state index contributed by atoms with van der Waals surface area (Å²) in [7, 11) is 0. The molecule has 3 heteroatoms. The number of anilines is 1. The van der Waals surface area contributed by atoms with Crippen LogP contribution in [-0.2, 0) is 11.2 Å². The minimum atomic E-state index is -0.189. The number of hydrogen-bond donors (Lipinski definition) is 1. The largest absolute Gasteiger partial charge is 0.493 e. The molecule has 0 bridgehead atoms. The number of carbonyl (C=O) groups is 1. The van der Waals surface area contributed by atoms with Crippen LogP contribution in [0.15, 0.2) is 48.5 Å². The average molecular weight is 289 g/mol. The van der Waals surface area contributed by atoms with E-state index < -0.39 is 0 Å². The third kappa shape index (κ3) is 3.18. The van der Waals surface area contributed by atoms with Crippen molar-refractivity contribution in [3.05, 3.63) is 65.2 Å². The van der Waals surface area contributed by atoms with E-state index in [1.54, 1.807) is 18.2 Å². The third-order valence-electron chi connectivity index (χ3n) is 3.44.